The van der Waals surface area contributed by atoms with Gasteiger partial charge in [-0.2, -0.15) is 0 Å². The van der Waals surface area contributed by atoms with Gasteiger partial charge in [0, 0.05) is 7.11 Å². The molecule has 1 atom stereocenters. The molecule has 0 radical (unpaired) electrons. The number of hydrogen-bond acceptors (Lipinski definition) is 6. The monoisotopic (exact) mass is 334 g/mol. The van der Waals surface area contributed by atoms with E-state index in [1.165, 1.54) is 14.2 Å². The van der Waals surface area contributed by atoms with E-state index < -0.39 is 23.6 Å². The third-order valence-electron chi connectivity index (χ3n) is 3.37. The van der Waals surface area contributed by atoms with Crippen molar-refractivity contribution in [2.45, 2.75) is 39.0 Å². The number of methoxy groups -OCH3 is 2. The number of rotatable bonds is 5. The Kier molecular flexibility index (Phi) is 5.23. The van der Waals surface area contributed by atoms with E-state index in [4.69, 9.17) is 14.2 Å². The Morgan fingerprint density at radius 1 is 1.25 bits per heavy atom. The van der Waals surface area contributed by atoms with E-state index in [1.807, 2.05) is 20.8 Å². The van der Waals surface area contributed by atoms with Crippen LogP contribution in [-0.4, -0.2) is 47.4 Å². The molecule has 0 bridgehead atoms. The van der Waals surface area contributed by atoms with Crippen LogP contribution in [0.4, 0.5) is 0 Å². The highest BCUT2D eigenvalue weighted by atomic mass is 16.6. The third-order valence-corrected chi connectivity index (χ3v) is 3.37. The second-order valence-corrected chi connectivity index (χ2v) is 6.35. The first kappa shape index (κ1) is 17.9. The maximum atomic E-state index is 12.2. The van der Waals surface area contributed by atoms with E-state index in [-0.39, 0.29) is 6.54 Å². The van der Waals surface area contributed by atoms with Crippen molar-refractivity contribution in [3.63, 3.8) is 0 Å². The van der Waals surface area contributed by atoms with E-state index in [2.05, 4.69) is 4.98 Å². The van der Waals surface area contributed by atoms with Crippen LogP contribution in [0.1, 0.15) is 31.1 Å². The minimum atomic E-state index is -0.752. The summed E-state index contributed by atoms with van der Waals surface area (Å²) in [5.74, 6) is -0.879. The van der Waals surface area contributed by atoms with Gasteiger partial charge < -0.3 is 18.8 Å². The minimum absolute atomic E-state index is 0.234. The summed E-state index contributed by atoms with van der Waals surface area (Å²) in [7, 11) is 2.74. The largest absolute Gasteiger partial charge is 0.467 e. The number of carbonyl (C=O) groups is 2. The molecule has 0 saturated carbocycles. The zero-order chi connectivity index (χ0) is 17.9. The second-order valence-electron chi connectivity index (χ2n) is 6.35. The van der Waals surface area contributed by atoms with Crippen molar-refractivity contribution in [3.8, 4) is 0 Å². The summed E-state index contributed by atoms with van der Waals surface area (Å²) in [6.07, 6.45) is 0.843. The molecule has 0 saturated heterocycles. The number of fused-ring (bicyclic) bond motifs is 1. The molecule has 1 unspecified atom stereocenters. The molecule has 0 amide bonds. The SMILES string of the molecule is COC(=O)C(Cn1cnc2ccc(C(=O)OC(C)(C)C)cc21)OC. The lowest BCUT2D eigenvalue weighted by molar-refractivity contribution is -0.153. The van der Waals surface area contributed by atoms with Gasteiger partial charge in [-0.1, -0.05) is 0 Å². The molecule has 7 heteroatoms. The van der Waals surface area contributed by atoms with Crippen molar-refractivity contribution in [1.29, 1.82) is 0 Å². The van der Waals surface area contributed by atoms with Crippen LogP contribution in [0.25, 0.3) is 11.0 Å². The number of ether oxygens (including phenoxy) is 3. The van der Waals surface area contributed by atoms with Crippen LogP contribution < -0.4 is 0 Å². The fraction of sp³-hybridized carbons (Fsp3) is 0.471. The molecule has 1 heterocycles. The summed E-state index contributed by atoms with van der Waals surface area (Å²) >= 11 is 0. The van der Waals surface area contributed by atoms with Crippen LogP contribution in [0.2, 0.25) is 0 Å². The predicted molar refractivity (Wildman–Crippen MR) is 87.7 cm³/mol. The van der Waals surface area contributed by atoms with Gasteiger partial charge in [0.25, 0.3) is 0 Å². The fourth-order valence-electron chi connectivity index (χ4n) is 2.22. The fourth-order valence-corrected chi connectivity index (χ4v) is 2.22. The van der Waals surface area contributed by atoms with Crippen molar-refractivity contribution in [2.75, 3.05) is 14.2 Å². The van der Waals surface area contributed by atoms with Gasteiger partial charge >= 0.3 is 11.9 Å². The van der Waals surface area contributed by atoms with Crippen LogP contribution in [0.3, 0.4) is 0 Å². The molecule has 0 aliphatic rings. The Labute approximate surface area is 140 Å². The van der Waals surface area contributed by atoms with Gasteiger partial charge in [-0.15, -0.1) is 0 Å². The summed E-state index contributed by atoms with van der Waals surface area (Å²) in [5.41, 5.74) is 1.27. The lowest BCUT2D eigenvalue weighted by Crippen LogP contribution is -2.29. The molecule has 0 N–H and O–H groups in total. The molecular formula is C17H22N2O5. The highest BCUT2D eigenvalue weighted by Gasteiger charge is 2.21. The Balaban J connectivity index is 2.31. The zero-order valence-corrected chi connectivity index (χ0v) is 14.5. The first-order valence-corrected chi connectivity index (χ1v) is 7.54. The summed E-state index contributed by atoms with van der Waals surface area (Å²) in [5, 5.41) is 0. The molecule has 7 nitrogen and oxygen atoms in total. The molecule has 1 aromatic carbocycles. The Bertz CT molecular complexity index is 745. The van der Waals surface area contributed by atoms with Crippen molar-refractivity contribution in [2.24, 2.45) is 0 Å². The van der Waals surface area contributed by atoms with E-state index in [1.54, 1.807) is 29.1 Å². The molecule has 0 fully saturated rings. The molecule has 2 aromatic rings. The number of esters is 2. The second kappa shape index (κ2) is 7.00. The molecule has 1 aromatic heterocycles. The Hall–Kier alpha value is -2.41. The number of imidazole rings is 1. The van der Waals surface area contributed by atoms with Crippen LogP contribution >= 0.6 is 0 Å². The average molecular weight is 334 g/mol. The zero-order valence-electron chi connectivity index (χ0n) is 14.5. The number of nitrogens with zero attached hydrogens (tertiary/aromatic N) is 2. The van der Waals surface area contributed by atoms with Crippen molar-refractivity contribution in [1.82, 2.24) is 9.55 Å². The maximum absolute atomic E-state index is 12.2. The van der Waals surface area contributed by atoms with E-state index in [9.17, 15) is 9.59 Å². The van der Waals surface area contributed by atoms with Gasteiger partial charge in [-0.05, 0) is 39.0 Å². The van der Waals surface area contributed by atoms with Crippen LogP contribution in [0.15, 0.2) is 24.5 Å². The number of carbonyl (C=O) groups excluding carboxylic acids is 2. The minimum Gasteiger partial charge on any atom is -0.467 e. The van der Waals surface area contributed by atoms with Gasteiger partial charge in [0.2, 0.25) is 0 Å². The topological polar surface area (TPSA) is 79.7 Å². The smallest absolute Gasteiger partial charge is 0.338 e. The quantitative estimate of drug-likeness (QED) is 0.780. The number of benzene rings is 1. The van der Waals surface area contributed by atoms with Gasteiger partial charge in [0.15, 0.2) is 6.10 Å². The van der Waals surface area contributed by atoms with Crippen LogP contribution in [0, 0.1) is 0 Å². The van der Waals surface area contributed by atoms with Gasteiger partial charge in [0.05, 0.1) is 36.6 Å². The first-order chi connectivity index (χ1) is 11.2. The number of hydrogen-bond donors (Lipinski definition) is 0. The summed E-state index contributed by atoms with van der Waals surface area (Å²) in [6, 6.07) is 5.10. The standard InChI is InChI=1S/C17H22N2O5/c1-17(2,3)24-15(20)11-6-7-12-13(8-11)19(10-18-12)9-14(22-4)16(21)23-5/h6-8,10,14H,9H2,1-5H3. The van der Waals surface area contributed by atoms with Crippen molar-refractivity contribution < 1.29 is 23.8 Å². The maximum Gasteiger partial charge on any atom is 0.338 e. The van der Waals surface area contributed by atoms with Crippen LogP contribution in [0.5, 0.6) is 0 Å². The van der Waals surface area contributed by atoms with Gasteiger partial charge in [0.1, 0.15) is 5.60 Å². The molecular weight excluding hydrogens is 312 g/mol. The molecule has 0 aliphatic carbocycles. The molecule has 0 spiro atoms. The lowest BCUT2D eigenvalue weighted by atomic mass is 10.1. The third kappa shape index (κ3) is 4.11. The van der Waals surface area contributed by atoms with E-state index >= 15 is 0 Å². The Morgan fingerprint density at radius 2 is 1.96 bits per heavy atom. The predicted octanol–water partition coefficient (Wildman–Crippen LogP) is 2.18. The van der Waals surface area contributed by atoms with Crippen LogP contribution in [-0.2, 0) is 25.5 Å². The normalized spacial score (nSPS) is 12.9. The number of aromatic nitrogens is 2. The average Bonchev–Trinajstić information content (AvgIpc) is 2.92. The summed E-state index contributed by atoms with van der Waals surface area (Å²) in [6.45, 7) is 5.67. The summed E-state index contributed by atoms with van der Waals surface area (Å²) < 4.78 is 17.0. The van der Waals surface area contributed by atoms with Gasteiger partial charge in [-0.3, -0.25) is 0 Å². The highest BCUT2D eigenvalue weighted by Crippen LogP contribution is 2.19. The van der Waals surface area contributed by atoms with E-state index in [0.29, 0.717) is 16.6 Å². The molecule has 24 heavy (non-hydrogen) atoms. The van der Waals surface area contributed by atoms with Crippen molar-refractivity contribution >= 4 is 23.0 Å². The molecule has 130 valence electrons. The van der Waals surface area contributed by atoms with E-state index in [0.717, 1.165) is 0 Å². The molecule has 2 rings (SSSR count). The lowest BCUT2D eigenvalue weighted by Gasteiger charge is -2.19. The highest BCUT2D eigenvalue weighted by molar-refractivity contribution is 5.94. The van der Waals surface area contributed by atoms with Gasteiger partial charge in [-0.25, -0.2) is 14.6 Å². The summed E-state index contributed by atoms with van der Waals surface area (Å²) in [4.78, 5) is 28.2. The first-order valence-electron chi connectivity index (χ1n) is 7.54. The molecule has 0 aliphatic heterocycles. The Morgan fingerprint density at radius 3 is 2.54 bits per heavy atom. The van der Waals surface area contributed by atoms with Crippen molar-refractivity contribution in [3.05, 3.63) is 30.1 Å².